The van der Waals surface area contributed by atoms with Gasteiger partial charge in [0.05, 0.1) is 10.6 Å². The van der Waals surface area contributed by atoms with Crippen LogP contribution >= 0.6 is 15.9 Å². The first-order valence-electron chi connectivity index (χ1n) is 8.94. The van der Waals surface area contributed by atoms with E-state index in [0.717, 1.165) is 31.1 Å². The number of carbonyl (C=O) groups is 1. The molecule has 1 N–H and O–H groups in total. The molecule has 0 aliphatic heterocycles. The molecule has 6 heteroatoms. The van der Waals surface area contributed by atoms with Gasteiger partial charge in [0.25, 0.3) is 0 Å². The summed E-state index contributed by atoms with van der Waals surface area (Å²) in [6, 6.07) is 6.64. The highest BCUT2D eigenvalue weighted by atomic mass is 79.9. The Morgan fingerprint density at radius 3 is 2.44 bits per heavy atom. The molecule has 0 spiro atoms. The average Bonchev–Trinajstić information content (AvgIpc) is 2.42. The molecule has 2 atom stereocenters. The molecule has 4 saturated carbocycles. The Morgan fingerprint density at radius 1 is 1.20 bits per heavy atom. The Balaban J connectivity index is 1.52. The number of anilines is 1. The zero-order valence-corrected chi connectivity index (χ0v) is 16.8. The molecule has 25 heavy (non-hydrogen) atoms. The number of nitrogens with one attached hydrogen (secondary N) is 1. The van der Waals surface area contributed by atoms with Gasteiger partial charge in [0.1, 0.15) is 0 Å². The number of carbonyl (C=O) groups excluding carboxylic acids is 1. The van der Waals surface area contributed by atoms with E-state index in [1.165, 1.54) is 25.5 Å². The van der Waals surface area contributed by atoms with Crippen molar-refractivity contribution in [3.05, 3.63) is 24.3 Å². The molecule has 2 unspecified atom stereocenters. The van der Waals surface area contributed by atoms with Crippen LogP contribution in [0.3, 0.4) is 0 Å². The van der Waals surface area contributed by atoms with E-state index >= 15 is 0 Å². The van der Waals surface area contributed by atoms with E-state index in [1.807, 2.05) is 0 Å². The van der Waals surface area contributed by atoms with Gasteiger partial charge in [-0.2, -0.15) is 0 Å². The fraction of sp³-hybridized carbons (Fsp3) is 0.632. The third-order valence-corrected chi connectivity index (χ3v) is 8.29. The van der Waals surface area contributed by atoms with E-state index < -0.39 is 9.84 Å². The molecule has 5 rings (SSSR count). The van der Waals surface area contributed by atoms with Crippen LogP contribution in [0.4, 0.5) is 5.69 Å². The quantitative estimate of drug-likeness (QED) is 0.736. The molecule has 0 heterocycles. The van der Waals surface area contributed by atoms with E-state index in [9.17, 15) is 13.2 Å². The summed E-state index contributed by atoms with van der Waals surface area (Å²) < 4.78 is 24.1. The van der Waals surface area contributed by atoms with Crippen LogP contribution in [0, 0.1) is 17.3 Å². The van der Waals surface area contributed by atoms with Gasteiger partial charge in [0.15, 0.2) is 9.84 Å². The van der Waals surface area contributed by atoms with Crippen LogP contribution < -0.4 is 5.32 Å². The number of halogens is 1. The SMILES string of the molecule is CS(=O)(=O)c1ccccc1NC(=O)CC12CC3CC(CC(Br)(C3)C1)C2. The molecule has 4 nitrogen and oxygen atoms in total. The van der Waals surface area contributed by atoms with Crippen LogP contribution in [0.5, 0.6) is 0 Å². The van der Waals surface area contributed by atoms with Gasteiger partial charge in [-0.3, -0.25) is 4.79 Å². The number of para-hydroxylation sites is 1. The molecule has 4 aliphatic rings. The van der Waals surface area contributed by atoms with Crippen molar-refractivity contribution in [2.45, 2.75) is 54.2 Å². The Hall–Kier alpha value is -0.880. The molecule has 136 valence electrons. The van der Waals surface area contributed by atoms with Gasteiger partial charge in [-0.1, -0.05) is 28.1 Å². The fourth-order valence-electron chi connectivity index (χ4n) is 5.97. The fourth-order valence-corrected chi connectivity index (χ4v) is 8.33. The number of amides is 1. The normalized spacial score (nSPS) is 36.4. The highest BCUT2D eigenvalue weighted by molar-refractivity contribution is 9.10. The van der Waals surface area contributed by atoms with Crippen molar-refractivity contribution < 1.29 is 13.2 Å². The maximum absolute atomic E-state index is 12.8. The number of hydrogen-bond acceptors (Lipinski definition) is 3. The van der Waals surface area contributed by atoms with Crippen LogP contribution in [0.2, 0.25) is 0 Å². The molecule has 0 aromatic heterocycles. The number of alkyl halides is 1. The standard InChI is InChI=1S/C19H24BrNO3S/c1-25(23,24)16-5-3-2-4-15(16)21-17(22)11-18-7-13-6-14(8-18)10-19(20,9-13)12-18/h2-5,13-14H,6-12H2,1H3,(H,21,22). The molecule has 1 aromatic rings. The van der Waals surface area contributed by atoms with Crippen molar-refractivity contribution in [3.63, 3.8) is 0 Å². The highest BCUT2D eigenvalue weighted by Crippen LogP contribution is 2.65. The van der Waals surface area contributed by atoms with Gasteiger partial charge in [-0.05, 0) is 67.9 Å². The summed E-state index contributed by atoms with van der Waals surface area (Å²) >= 11 is 3.98. The van der Waals surface area contributed by atoms with E-state index in [-0.39, 0.29) is 20.5 Å². The van der Waals surface area contributed by atoms with Crippen molar-refractivity contribution in [2.24, 2.45) is 17.3 Å². The topological polar surface area (TPSA) is 63.2 Å². The Morgan fingerprint density at radius 2 is 1.84 bits per heavy atom. The van der Waals surface area contributed by atoms with Crippen LogP contribution in [-0.2, 0) is 14.6 Å². The van der Waals surface area contributed by atoms with E-state index in [0.29, 0.717) is 12.1 Å². The van der Waals surface area contributed by atoms with Crippen molar-refractivity contribution in [2.75, 3.05) is 11.6 Å². The monoisotopic (exact) mass is 425 g/mol. The average molecular weight is 426 g/mol. The first-order valence-corrected chi connectivity index (χ1v) is 11.6. The number of hydrogen-bond donors (Lipinski definition) is 1. The maximum Gasteiger partial charge on any atom is 0.224 e. The van der Waals surface area contributed by atoms with Gasteiger partial charge < -0.3 is 5.32 Å². The van der Waals surface area contributed by atoms with Crippen LogP contribution in [0.15, 0.2) is 29.2 Å². The third kappa shape index (κ3) is 3.39. The number of rotatable bonds is 4. The third-order valence-electron chi connectivity index (χ3n) is 6.21. The number of benzene rings is 1. The lowest BCUT2D eigenvalue weighted by atomic mass is 9.48. The molecular formula is C19H24BrNO3S. The Labute approximate surface area is 157 Å². The van der Waals surface area contributed by atoms with Gasteiger partial charge in [0, 0.05) is 17.0 Å². The van der Waals surface area contributed by atoms with Gasteiger partial charge in [-0.25, -0.2) is 8.42 Å². The minimum Gasteiger partial charge on any atom is -0.325 e. The largest absolute Gasteiger partial charge is 0.325 e. The van der Waals surface area contributed by atoms with Crippen LogP contribution in [0.1, 0.15) is 44.9 Å². The van der Waals surface area contributed by atoms with Crippen molar-refractivity contribution in [3.8, 4) is 0 Å². The lowest BCUT2D eigenvalue weighted by molar-refractivity contribution is -0.123. The second kappa shape index (κ2) is 5.81. The van der Waals surface area contributed by atoms with E-state index in [4.69, 9.17) is 0 Å². The van der Waals surface area contributed by atoms with Gasteiger partial charge in [0.2, 0.25) is 5.91 Å². The summed E-state index contributed by atoms with van der Waals surface area (Å²) in [5, 5.41) is 2.87. The Kier molecular flexibility index (Phi) is 4.07. The first-order chi connectivity index (χ1) is 11.7. The molecule has 4 aliphatic carbocycles. The summed E-state index contributed by atoms with van der Waals surface area (Å²) in [4.78, 5) is 12.9. The first kappa shape index (κ1) is 17.5. The summed E-state index contributed by atoms with van der Waals surface area (Å²) in [6.07, 6.45) is 8.79. The van der Waals surface area contributed by atoms with Crippen molar-refractivity contribution in [1.82, 2.24) is 0 Å². The minimum atomic E-state index is -3.36. The molecule has 4 bridgehead atoms. The lowest BCUT2D eigenvalue weighted by Gasteiger charge is -2.60. The van der Waals surface area contributed by atoms with E-state index in [2.05, 4.69) is 21.2 Å². The summed E-state index contributed by atoms with van der Waals surface area (Å²) in [5.41, 5.74) is 0.478. The zero-order chi connectivity index (χ0) is 17.9. The predicted octanol–water partition coefficient (Wildman–Crippen LogP) is 4.15. The summed E-state index contributed by atoms with van der Waals surface area (Å²) in [5.74, 6) is 1.41. The second-order valence-electron chi connectivity index (χ2n) is 8.61. The second-order valence-corrected chi connectivity index (χ2v) is 12.3. The summed E-state index contributed by atoms with van der Waals surface area (Å²) in [6.45, 7) is 0. The molecule has 1 amide bonds. The maximum atomic E-state index is 12.8. The highest BCUT2D eigenvalue weighted by Gasteiger charge is 2.57. The van der Waals surface area contributed by atoms with E-state index in [1.54, 1.807) is 24.3 Å². The van der Waals surface area contributed by atoms with Gasteiger partial charge >= 0.3 is 0 Å². The molecule has 1 aromatic carbocycles. The predicted molar refractivity (Wildman–Crippen MR) is 102 cm³/mol. The van der Waals surface area contributed by atoms with Crippen LogP contribution in [0.25, 0.3) is 0 Å². The number of sulfone groups is 1. The molecule has 0 saturated heterocycles. The van der Waals surface area contributed by atoms with Crippen molar-refractivity contribution in [1.29, 1.82) is 0 Å². The molecule has 4 fully saturated rings. The van der Waals surface area contributed by atoms with Crippen molar-refractivity contribution >= 4 is 37.4 Å². The Bertz CT molecular complexity index is 806. The lowest BCUT2D eigenvalue weighted by Crippen LogP contribution is -2.53. The summed E-state index contributed by atoms with van der Waals surface area (Å²) in [7, 11) is -3.36. The minimum absolute atomic E-state index is 0.0610. The smallest absolute Gasteiger partial charge is 0.224 e. The van der Waals surface area contributed by atoms with Crippen LogP contribution in [-0.4, -0.2) is 24.9 Å². The molecular weight excluding hydrogens is 402 g/mol. The molecule has 0 radical (unpaired) electrons. The zero-order valence-electron chi connectivity index (χ0n) is 14.4. The van der Waals surface area contributed by atoms with Gasteiger partial charge in [-0.15, -0.1) is 0 Å².